The lowest BCUT2D eigenvalue weighted by molar-refractivity contribution is -0.129. The molecule has 5 atom stereocenters. The van der Waals surface area contributed by atoms with Crippen LogP contribution in [0.4, 0.5) is 5.69 Å². The SMILES string of the molecule is Cc1nccc(Cc2cc(NC3[C@@H]4CC5C[C@H]3CC(O)(C5)C4)c(C(N)=O)cn2)n1. The Balaban J connectivity index is 1.42. The summed E-state index contributed by atoms with van der Waals surface area (Å²) in [5, 5.41) is 14.5. The van der Waals surface area contributed by atoms with E-state index in [4.69, 9.17) is 5.73 Å². The molecule has 2 aromatic heterocycles. The number of nitrogens with zero attached hydrogens (tertiary/aromatic N) is 3. The number of aryl methyl sites for hydroxylation is 1. The zero-order chi connectivity index (χ0) is 20.2. The van der Waals surface area contributed by atoms with Gasteiger partial charge in [0.2, 0.25) is 0 Å². The largest absolute Gasteiger partial charge is 0.390 e. The molecule has 4 N–H and O–H groups in total. The summed E-state index contributed by atoms with van der Waals surface area (Å²) in [6.07, 6.45) is 8.84. The van der Waals surface area contributed by atoms with E-state index in [0.717, 1.165) is 55.0 Å². The fraction of sp³-hybridized carbons (Fsp3) is 0.545. The van der Waals surface area contributed by atoms with Crippen molar-refractivity contribution < 1.29 is 9.90 Å². The lowest BCUT2D eigenvalue weighted by Crippen LogP contribution is -2.59. The number of aliphatic hydroxyl groups is 1. The van der Waals surface area contributed by atoms with E-state index in [-0.39, 0.29) is 6.04 Å². The van der Waals surface area contributed by atoms with Gasteiger partial charge < -0.3 is 16.2 Å². The first-order valence-corrected chi connectivity index (χ1v) is 10.4. The molecule has 0 radical (unpaired) electrons. The van der Waals surface area contributed by atoms with Crippen molar-refractivity contribution in [3.8, 4) is 0 Å². The Morgan fingerprint density at radius 2 is 2.00 bits per heavy atom. The van der Waals surface area contributed by atoms with Gasteiger partial charge in [0.25, 0.3) is 5.91 Å². The van der Waals surface area contributed by atoms with Crippen molar-refractivity contribution in [1.29, 1.82) is 0 Å². The molecule has 6 rings (SSSR count). The summed E-state index contributed by atoms with van der Waals surface area (Å²) in [6, 6.07) is 4.07. The highest BCUT2D eigenvalue weighted by Crippen LogP contribution is 2.56. The summed E-state index contributed by atoms with van der Waals surface area (Å²) in [7, 11) is 0. The molecule has 0 spiro atoms. The first-order valence-electron chi connectivity index (χ1n) is 10.4. The lowest BCUT2D eigenvalue weighted by Gasteiger charge is -2.58. The number of nitrogens with two attached hydrogens (primary N) is 1. The number of carbonyl (C=O) groups is 1. The highest BCUT2D eigenvalue weighted by Gasteiger charge is 2.54. The van der Waals surface area contributed by atoms with Crippen LogP contribution in [-0.4, -0.2) is 37.6 Å². The molecule has 2 heterocycles. The van der Waals surface area contributed by atoms with Gasteiger partial charge >= 0.3 is 0 Å². The fourth-order valence-corrected chi connectivity index (χ4v) is 6.10. The van der Waals surface area contributed by atoms with Gasteiger partial charge in [-0.2, -0.15) is 0 Å². The molecule has 4 bridgehead atoms. The molecule has 7 nitrogen and oxygen atoms in total. The molecule has 4 fully saturated rings. The summed E-state index contributed by atoms with van der Waals surface area (Å²) in [5.74, 6) is 1.76. The average Bonchev–Trinajstić information content (AvgIpc) is 2.63. The van der Waals surface area contributed by atoms with Gasteiger partial charge in [0.1, 0.15) is 5.82 Å². The number of carbonyl (C=O) groups excluding carboxylic acids is 1. The van der Waals surface area contributed by atoms with Crippen LogP contribution in [0, 0.1) is 24.7 Å². The van der Waals surface area contributed by atoms with Crippen LogP contribution in [0.25, 0.3) is 0 Å². The maximum Gasteiger partial charge on any atom is 0.252 e. The normalized spacial score (nSPS) is 32.3. The Kier molecular flexibility index (Phi) is 4.31. The Morgan fingerprint density at radius 1 is 1.24 bits per heavy atom. The Hall–Kier alpha value is -2.54. The smallest absolute Gasteiger partial charge is 0.252 e. The maximum absolute atomic E-state index is 12.0. The van der Waals surface area contributed by atoms with Crippen LogP contribution < -0.4 is 11.1 Å². The molecule has 1 amide bonds. The zero-order valence-corrected chi connectivity index (χ0v) is 16.6. The van der Waals surface area contributed by atoms with Crippen LogP contribution in [0.5, 0.6) is 0 Å². The average molecular weight is 393 g/mol. The minimum absolute atomic E-state index is 0.265. The molecule has 4 aliphatic carbocycles. The molecule has 0 aromatic carbocycles. The topological polar surface area (TPSA) is 114 Å². The first kappa shape index (κ1) is 18.5. The van der Waals surface area contributed by atoms with Crippen molar-refractivity contribution in [2.24, 2.45) is 23.5 Å². The van der Waals surface area contributed by atoms with Gasteiger partial charge in [-0.1, -0.05) is 0 Å². The zero-order valence-electron chi connectivity index (χ0n) is 16.6. The van der Waals surface area contributed by atoms with E-state index >= 15 is 0 Å². The van der Waals surface area contributed by atoms with E-state index in [1.165, 1.54) is 0 Å². The van der Waals surface area contributed by atoms with Gasteiger partial charge in [0, 0.05) is 30.6 Å². The number of nitrogens with one attached hydrogen (secondary N) is 1. The van der Waals surface area contributed by atoms with Crippen LogP contribution in [0.2, 0.25) is 0 Å². The molecular weight excluding hydrogens is 366 g/mol. The van der Waals surface area contributed by atoms with Crippen molar-refractivity contribution in [2.75, 3.05) is 5.32 Å². The predicted octanol–water partition coefficient (Wildman–Crippen LogP) is 2.22. The van der Waals surface area contributed by atoms with Gasteiger partial charge in [0.05, 0.1) is 22.5 Å². The highest BCUT2D eigenvalue weighted by molar-refractivity contribution is 5.98. The molecular formula is C22H27N5O2. The monoisotopic (exact) mass is 393 g/mol. The number of hydrogen-bond acceptors (Lipinski definition) is 6. The standard InChI is InChI=1S/C22H27N5O2/c1-12-24-3-2-16(26-12)6-17-7-19(18(11-25-17)21(23)28)27-20-14-4-13-5-15(20)10-22(29,8-13)9-14/h2-3,7,11,13-15,20,29H,4-6,8-10H2,1H3,(H2,23,28)(H,25,27)/t13?,14-,15+,20?,22?. The molecule has 152 valence electrons. The molecule has 0 aliphatic heterocycles. The number of anilines is 1. The van der Waals surface area contributed by atoms with Crippen molar-refractivity contribution in [1.82, 2.24) is 15.0 Å². The van der Waals surface area contributed by atoms with E-state index in [0.29, 0.717) is 29.7 Å². The number of rotatable bonds is 5. The second-order valence-corrected chi connectivity index (χ2v) is 9.22. The molecule has 7 heteroatoms. The number of pyridine rings is 1. The van der Waals surface area contributed by atoms with Crippen molar-refractivity contribution >= 4 is 11.6 Å². The Bertz CT molecular complexity index is 946. The second-order valence-electron chi connectivity index (χ2n) is 9.22. The minimum Gasteiger partial charge on any atom is -0.390 e. The van der Waals surface area contributed by atoms with Crippen LogP contribution in [-0.2, 0) is 6.42 Å². The molecule has 3 unspecified atom stereocenters. The van der Waals surface area contributed by atoms with Crippen molar-refractivity contribution in [3.63, 3.8) is 0 Å². The quantitative estimate of drug-likeness (QED) is 0.718. The molecule has 29 heavy (non-hydrogen) atoms. The molecule has 4 saturated carbocycles. The van der Waals surface area contributed by atoms with Crippen molar-refractivity contribution in [3.05, 3.63) is 47.3 Å². The first-order chi connectivity index (χ1) is 13.9. The maximum atomic E-state index is 12.0. The van der Waals surface area contributed by atoms with Gasteiger partial charge in [-0.15, -0.1) is 0 Å². The molecule has 0 saturated heterocycles. The summed E-state index contributed by atoms with van der Waals surface area (Å²) < 4.78 is 0. The third kappa shape index (κ3) is 3.48. The van der Waals surface area contributed by atoms with E-state index in [1.807, 2.05) is 19.1 Å². The van der Waals surface area contributed by atoms with E-state index in [2.05, 4.69) is 20.3 Å². The third-order valence-corrected chi connectivity index (χ3v) is 6.99. The number of amides is 1. The Morgan fingerprint density at radius 3 is 2.66 bits per heavy atom. The number of aromatic nitrogens is 3. The van der Waals surface area contributed by atoms with E-state index in [9.17, 15) is 9.90 Å². The van der Waals surface area contributed by atoms with Crippen LogP contribution >= 0.6 is 0 Å². The van der Waals surface area contributed by atoms with Crippen LogP contribution in [0.1, 0.15) is 59.7 Å². The molecule has 4 aliphatic rings. The van der Waals surface area contributed by atoms with Crippen LogP contribution in [0.15, 0.2) is 24.5 Å². The third-order valence-electron chi connectivity index (χ3n) is 6.99. The Labute approximate surface area is 170 Å². The molecule has 2 aromatic rings. The summed E-state index contributed by atoms with van der Waals surface area (Å²) in [6.45, 7) is 1.86. The van der Waals surface area contributed by atoms with E-state index in [1.54, 1.807) is 12.4 Å². The van der Waals surface area contributed by atoms with Gasteiger partial charge in [-0.25, -0.2) is 9.97 Å². The van der Waals surface area contributed by atoms with E-state index < -0.39 is 11.5 Å². The summed E-state index contributed by atoms with van der Waals surface area (Å²) in [5.41, 5.74) is 8.04. The minimum atomic E-state index is -0.480. The van der Waals surface area contributed by atoms with Crippen LogP contribution in [0.3, 0.4) is 0 Å². The number of primary amides is 1. The summed E-state index contributed by atoms with van der Waals surface area (Å²) in [4.78, 5) is 25.0. The lowest BCUT2D eigenvalue weighted by atomic mass is 9.52. The van der Waals surface area contributed by atoms with Gasteiger partial charge in [0.15, 0.2) is 0 Å². The van der Waals surface area contributed by atoms with Gasteiger partial charge in [-0.3, -0.25) is 9.78 Å². The highest BCUT2D eigenvalue weighted by atomic mass is 16.3. The van der Waals surface area contributed by atoms with Gasteiger partial charge in [-0.05, 0) is 68.9 Å². The van der Waals surface area contributed by atoms with Crippen molar-refractivity contribution in [2.45, 2.75) is 57.1 Å². The number of hydrogen-bond donors (Lipinski definition) is 3. The predicted molar refractivity (Wildman–Crippen MR) is 108 cm³/mol. The second kappa shape index (κ2) is 6.76. The fourth-order valence-electron chi connectivity index (χ4n) is 6.10. The summed E-state index contributed by atoms with van der Waals surface area (Å²) >= 11 is 0.